The Morgan fingerprint density at radius 1 is 1.09 bits per heavy atom. The number of nitrogens with one attached hydrogen (secondary N) is 1. The van der Waals surface area contributed by atoms with Crippen molar-refractivity contribution >= 4 is 11.4 Å². The third-order valence-corrected chi connectivity index (χ3v) is 4.62. The molecule has 2 aliphatic heterocycles. The fraction of sp³-hybridized carbons (Fsp3) is 0.611. The lowest BCUT2D eigenvalue weighted by Crippen LogP contribution is -2.44. The Hall–Kier alpha value is -1.30. The molecular weight excluding hydrogens is 290 g/mol. The molecule has 5 heteroatoms. The zero-order valence-corrected chi connectivity index (χ0v) is 14.0. The lowest BCUT2D eigenvalue weighted by Gasteiger charge is -2.37. The van der Waals surface area contributed by atoms with Gasteiger partial charge in [0.05, 0.1) is 31.2 Å². The van der Waals surface area contributed by atoms with E-state index in [2.05, 4.69) is 46.1 Å². The number of hydrogen-bond acceptors (Lipinski definition) is 5. The van der Waals surface area contributed by atoms with Crippen LogP contribution in [0.5, 0.6) is 0 Å². The number of ether oxygens (including phenoxy) is 2. The predicted molar refractivity (Wildman–Crippen MR) is 93.6 cm³/mol. The fourth-order valence-corrected chi connectivity index (χ4v) is 3.31. The highest BCUT2D eigenvalue weighted by atomic mass is 16.5. The van der Waals surface area contributed by atoms with Crippen LogP contribution in [0.2, 0.25) is 0 Å². The Labute approximate surface area is 139 Å². The molecule has 5 nitrogen and oxygen atoms in total. The minimum Gasteiger partial charge on any atom is -0.379 e. The van der Waals surface area contributed by atoms with Gasteiger partial charge in [0.25, 0.3) is 0 Å². The van der Waals surface area contributed by atoms with Crippen LogP contribution in [-0.4, -0.2) is 57.0 Å². The van der Waals surface area contributed by atoms with Crippen molar-refractivity contribution in [1.29, 1.82) is 0 Å². The van der Waals surface area contributed by atoms with E-state index in [1.54, 1.807) is 0 Å². The SMILES string of the molecule is CCOCCOCCN1CCC(N2[CH]Nc3ccccc32)CC1. The van der Waals surface area contributed by atoms with Crippen LogP contribution in [0.1, 0.15) is 19.8 Å². The lowest BCUT2D eigenvalue weighted by atomic mass is 10.0. The molecule has 3 rings (SSSR count). The number of hydrogen-bond donors (Lipinski definition) is 1. The van der Waals surface area contributed by atoms with Crippen LogP contribution in [0.4, 0.5) is 11.4 Å². The molecule has 0 saturated carbocycles. The van der Waals surface area contributed by atoms with E-state index < -0.39 is 0 Å². The maximum Gasteiger partial charge on any atom is 0.139 e. The molecule has 1 saturated heterocycles. The number of rotatable bonds is 8. The van der Waals surface area contributed by atoms with Gasteiger partial charge in [0.15, 0.2) is 0 Å². The lowest BCUT2D eigenvalue weighted by molar-refractivity contribution is 0.0400. The standard InChI is InChI=1S/C18H28N3O2/c1-2-22-13-14-23-12-11-20-9-7-16(8-10-20)21-15-19-17-5-3-4-6-18(17)21/h3-6,15-16,19H,2,7-14H2,1H3. The molecule has 0 atom stereocenters. The van der Waals surface area contributed by atoms with Gasteiger partial charge in [-0.1, -0.05) is 12.1 Å². The number of nitrogens with zero attached hydrogens (tertiary/aromatic N) is 2. The van der Waals surface area contributed by atoms with Crippen molar-refractivity contribution in [1.82, 2.24) is 4.90 Å². The Balaban J connectivity index is 1.36. The topological polar surface area (TPSA) is 37.0 Å². The maximum absolute atomic E-state index is 5.62. The molecule has 1 aromatic rings. The average molecular weight is 318 g/mol. The van der Waals surface area contributed by atoms with E-state index >= 15 is 0 Å². The van der Waals surface area contributed by atoms with Crippen LogP contribution < -0.4 is 10.2 Å². The summed E-state index contributed by atoms with van der Waals surface area (Å²) in [7, 11) is 0. The van der Waals surface area contributed by atoms with E-state index in [4.69, 9.17) is 9.47 Å². The molecule has 1 radical (unpaired) electrons. The van der Waals surface area contributed by atoms with E-state index in [0.717, 1.165) is 32.8 Å². The molecule has 0 amide bonds. The Morgan fingerprint density at radius 3 is 2.70 bits per heavy atom. The van der Waals surface area contributed by atoms with Gasteiger partial charge in [-0.2, -0.15) is 0 Å². The number of fused-ring (bicyclic) bond motifs is 1. The van der Waals surface area contributed by atoms with Gasteiger partial charge in [0.1, 0.15) is 6.67 Å². The van der Waals surface area contributed by atoms with Gasteiger partial charge in [0.2, 0.25) is 0 Å². The van der Waals surface area contributed by atoms with Crippen LogP contribution in [0.25, 0.3) is 0 Å². The first-order valence-electron chi connectivity index (χ1n) is 8.73. The first-order chi connectivity index (χ1) is 11.4. The molecule has 0 bridgehead atoms. The van der Waals surface area contributed by atoms with Crippen LogP contribution in [0, 0.1) is 6.67 Å². The maximum atomic E-state index is 5.62. The van der Waals surface area contributed by atoms with E-state index in [-0.39, 0.29) is 0 Å². The Kier molecular flexibility index (Phi) is 6.13. The molecule has 127 valence electrons. The minimum atomic E-state index is 0.598. The zero-order valence-electron chi connectivity index (χ0n) is 14.0. The quantitative estimate of drug-likeness (QED) is 0.746. The molecule has 0 aliphatic carbocycles. The van der Waals surface area contributed by atoms with Crippen molar-refractivity contribution in [3.63, 3.8) is 0 Å². The number of anilines is 2. The number of benzene rings is 1. The molecule has 2 aliphatic rings. The van der Waals surface area contributed by atoms with Crippen LogP contribution in [0.3, 0.4) is 0 Å². The Bertz CT molecular complexity index is 475. The van der Waals surface area contributed by atoms with E-state index in [9.17, 15) is 0 Å². The van der Waals surface area contributed by atoms with E-state index in [1.807, 2.05) is 6.92 Å². The normalized spacial score (nSPS) is 18.9. The van der Waals surface area contributed by atoms with Gasteiger partial charge < -0.3 is 24.6 Å². The summed E-state index contributed by atoms with van der Waals surface area (Å²) in [4.78, 5) is 4.91. The second kappa shape index (κ2) is 8.52. The average Bonchev–Trinajstić information content (AvgIpc) is 3.03. The van der Waals surface area contributed by atoms with Crippen LogP contribution in [-0.2, 0) is 9.47 Å². The first kappa shape index (κ1) is 16.6. The van der Waals surface area contributed by atoms with Crippen molar-refractivity contribution in [2.24, 2.45) is 0 Å². The van der Waals surface area contributed by atoms with Crippen molar-refractivity contribution in [3.05, 3.63) is 30.9 Å². The molecular formula is C18H28N3O2. The summed E-state index contributed by atoms with van der Waals surface area (Å²) < 4.78 is 10.9. The first-order valence-corrected chi connectivity index (χ1v) is 8.73. The highest BCUT2D eigenvalue weighted by Gasteiger charge is 2.29. The van der Waals surface area contributed by atoms with Crippen molar-refractivity contribution in [2.75, 3.05) is 56.3 Å². The smallest absolute Gasteiger partial charge is 0.139 e. The second-order valence-corrected chi connectivity index (χ2v) is 6.08. The van der Waals surface area contributed by atoms with E-state index in [0.29, 0.717) is 19.3 Å². The fourth-order valence-electron chi connectivity index (χ4n) is 3.31. The van der Waals surface area contributed by atoms with E-state index in [1.165, 1.54) is 24.2 Å². The highest BCUT2D eigenvalue weighted by Crippen LogP contribution is 2.36. The molecule has 2 heterocycles. The third kappa shape index (κ3) is 4.37. The van der Waals surface area contributed by atoms with Gasteiger partial charge in [0, 0.05) is 32.3 Å². The van der Waals surface area contributed by atoms with Crippen LogP contribution >= 0.6 is 0 Å². The summed E-state index contributed by atoms with van der Waals surface area (Å²) in [6.45, 7) is 10.4. The monoisotopic (exact) mass is 318 g/mol. The highest BCUT2D eigenvalue weighted by molar-refractivity contribution is 5.77. The van der Waals surface area contributed by atoms with Gasteiger partial charge in [-0.25, -0.2) is 0 Å². The second-order valence-electron chi connectivity index (χ2n) is 6.08. The number of likely N-dealkylation sites (tertiary alicyclic amines) is 1. The van der Waals surface area contributed by atoms with Gasteiger partial charge >= 0.3 is 0 Å². The van der Waals surface area contributed by atoms with Crippen molar-refractivity contribution < 1.29 is 9.47 Å². The minimum absolute atomic E-state index is 0.598. The van der Waals surface area contributed by atoms with Gasteiger partial charge in [-0.15, -0.1) is 0 Å². The molecule has 0 spiro atoms. The summed E-state index contributed by atoms with van der Waals surface area (Å²) in [5, 5.41) is 3.37. The largest absolute Gasteiger partial charge is 0.379 e. The molecule has 1 aromatic carbocycles. The van der Waals surface area contributed by atoms with Crippen LogP contribution in [0.15, 0.2) is 24.3 Å². The molecule has 1 fully saturated rings. The molecule has 1 N–H and O–H groups in total. The summed E-state index contributed by atoms with van der Waals surface area (Å²) in [6.07, 6.45) is 2.40. The predicted octanol–water partition coefficient (Wildman–Crippen LogP) is 2.56. The van der Waals surface area contributed by atoms with Gasteiger partial charge in [-0.3, -0.25) is 0 Å². The summed E-state index contributed by atoms with van der Waals surface area (Å²) >= 11 is 0. The summed E-state index contributed by atoms with van der Waals surface area (Å²) in [6, 6.07) is 9.13. The zero-order chi connectivity index (χ0) is 15.9. The third-order valence-electron chi connectivity index (χ3n) is 4.62. The Morgan fingerprint density at radius 2 is 1.87 bits per heavy atom. The molecule has 0 unspecified atom stereocenters. The number of piperidine rings is 1. The van der Waals surface area contributed by atoms with Gasteiger partial charge in [-0.05, 0) is 31.9 Å². The number of para-hydroxylation sites is 2. The summed E-state index contributed by atoms with van der Waals surface area (Å²) in [5.41, 5.74) is 2.53. The molecule has 23 heavy (non-hydrogen) atoms. The van der Waals surface area contributed by atoms with Crippen molar-refractivity contribution in [3.8, 4) is 0 Å². The molecule has 0 aromatic heterocycles. The van der Waals surface area contributed by atoms with Crippen molar-refractivity contribution in [2.45, 2.75) is 25.8 Å². The summed E-state index contributed by atoms with van der Waals surface area (Å²) in [5.74, 6) is 0.